The Morgan fingerprint density at radius 2 is 2.38 bits per heavy atom. The standard InChI is InChI=1S/C10H12ClNO/c11-4-3-10(7-13-8-10)9-2-1-5-12-6-9/h1-2,5-6H,3-4,7-8H2. The Hall–Kier alpha value is -0.600. The van der Waals surface area contributed by atoms with Crippen LogP contribution in [-0.4, -0.2) is 24.1 Å². The van der Waals surface area contributed by atoms with Gasteiger partial charge in [0.25, 0.3) is 0 Å². The minimum atomic E-state index is 0.149. The Kier molecular flexibility index (Phi) is 2.51. The van der Waals surface area contributed by atoms with Crippen LogP contribution in [0.3, 0.4) is 0 Å². The van der Waals surface area contributed by atoms with Crippen molar-refractivity contribution in [1.82, 2.24) is 4.98 Å². The lowest BCUT2D eigenvalue weighted by atomic mass is 9.77. The normalized spacial score (nSPS) is 19.5. The number of aromatic nitrogens is 1. The molecule has 13 heavy (non-hydrogen) atoms. The quantitative estimate of drug-likeness (QED) is 0.692. The summed E-state index contributed by atoms with van der Waals surface area (Å²) in [5, 5.41) is 0. The van der Waals surface area contributed by atoms with E-state index < -0.39 is 0 Å². The fraction of sp³-hybridized carbons (Fsp3) is 0.500. The maximum absolute atomic E-state index is 5.77. The van der Waals surface area contributed by atoms with Crippen LogP contribution in [0.1, 0.15) is 12.0 Å². The second-order valence-electron chi connectivity index (χ2n) is 3.45. The number of nitrogens with zero attached hydrogens (tertiary/aromatic N) is 1. The van der Waals surface area contributed by atoms with E-state index >= 15 is 0 Å². The Balaban J connectivity index is 2.22. The first-order chi connectivity index (χ1) is 6.37. The monoisotopic (exact) mass is 197 g/mol. The van der Waals surface area contributed by atoms with Gasteiger partial charge in [-0.05, 0) is 18.1 Å². The summed E-state index contributed by atoms with van der Waals surface area (Å²) in [5.41, 5.74) is 1.40. The lowest BCUT2D eigenvalue weighted by molar-refractivity contribution is -0.0617. The van der Waals surface area contributed by atoms with E-state index in [1.165, 1.54) is 5.56 Å². The van der Waals surface area contributed by atoms with Gasteiger partial charge in [-0.15, -0.1) is 11.6 Å². The zero-order valence-electron chi connectivity index (χ0n) is 7.37. The van der Waals surface area contributed by atoms with Crippen molar-refractivity contribution in [2.75, 3.05) is 19.1 Å². The minimum Gasteiger partial charge on any atom is -0.379 e. The lowest BCUT2D eigenvalue weighted by Crippen LogP contribution is -2.47. The summed E-state index contributed by atoms with van der Waals surface area (Å²) in [7, 11) is 0. The van der Waals surface area contributed by atoms with Crippen LogP contribution in [0, 0.1) is 0 Å². The van der Waals surface area contributed by atoms with E-state index in [4.69, 9.17) is 16.3 Å². The molecule has 2 heterocycles. The molecule has 0 aromatic carbocycles. The van der Waals surface area contributed by atoms with E-state index in [0.717, 1.165) is 19.6 Å². The first kappa shape index (κ1) is 8.97. The molecule has 1 aromatic rings. The molecular formula is C10H12ClNO. The molecule has 1 aromatic heterocycles. The van der Waals surface area contributed by atoms with Crippen LogP contribution in [0.15, 0.2) is 24.5 Å². The van der Waals surface area contributed by atoms with Gasteiger partial charge in [0.05, 0.1) is 13.2 Å². The summed E-state index contributed by atoms with van der Waals surface area (Å²) in [6.07, 6.45) is 4.67. The molecule has 0 unspecified atom stereocenters. The van der Waals surface area contributed by atoms with Crippen LogP contribution in [-0.2, 0) is 10.2 Å². The molecule has 2 nitrogen and oxygen atoms in total. The summed E-state index contributed by atoms with van der Waals surface area (Å²) in [5.74, 6) is 0.679. The summed E-state index contributed by atoms with van der Waals surface area (Å²) in [6, 6.07) is 4.06. The maximum atomic E-state index is 5.77. The van der Waals surface area contributed by atoms with Crippen molar-refractivity contribution in [2.24, 2.45) is 0 Å². The molecule has 1 aliphatic heterocycles. The zero-order chi connectivity index (χ0) is 9.15. The highest BCUT2D eigenvalue weighted by Gasteiger charge is 2.39. The van der Waals surface area contributed by atoms with Crippen LogP contribution in [0.5, 0.6) is 0 Å². The van der Waals surface area contributed by atoms with E-state index in [0.29, 0.717) is 5.88 Å². The zero-order valence-corrected chi connectivity index (χ0v) is 8.13. The van der Waals surface area contributed by atoms with Gasteiger partial charge in [0.1, 0.15) is 0 Å². The van der Waals surface area contributed by atoms with E-state index in [9.17, 15) is 0 Å². The molecule has 1 saturated heterocycles. The molecule has 0 atom stereocenters. The smallest absolute Gasteiger partial charge is 0.0586 e. The van der Waals surface area contributed by atoms with Crippen LogP contribution in [0.25, 0.3) is 0 Å². The molecule has 0 saturated carbocycles. The topological polar surface area (TPSA) is 22.1 Å². The van der Waals surface area contributed by atoms with Gasteiger partial charge in [0, 0.05) is 23.7 Å². The van der Waals surface area contributed by atoms with Gasteiger partial charge in [0.15, 0.2) is 0 Å². The highest BCUT2D eigenvalue weighted by Crippen LogP contribution is 2.35. The number of rotatable bonds is 3. The number of halogens is 1. The fourth-order valence-corrected chi connectivity index (χ4v) is 2.02. The third-order valence-electron chi connectivity index (χ3n) is 2.60. The third-order valence-corrected chi connectivity index (χ3v) is 2.79. The molecule has 0 aliphatic carbocycles. The van der Waals surface area contributed by atoms with Crippen molar-refractivity contribution in [3.63, 3.8) is 0 Å². The van der Waals surface area contributed by atoms with Crippen LogP contribution >= 0.6 is 11.6 Å². The number of alkyl halides is 1. The van der Waals surface area contributed by atoms with Gasteiger partial charge in [-0.3, -0.25) is 4.98 Å². The van der Waals surface area contributed by atoms with Crippen LogP contribution in [0.2, 0.25) is 0 Å². The Labute approximate surface area is 82.9 Å². The SMILES string of the molecule is ClCCC1(c2cccnc2)COC1. The summed E-state index contributed by atoms with van der Waals surface area (Å²) < 4.78 is 5.26. The van der Waals surface area contributed by atoms with Crippen molar-refractivity contribution in [1.29, 1.82) is 0 Å². The second kappa shape index (κ2) is 3.64. The van der Waals surface area contributed by atoms with E-state index in [1.54, 1.807) is 6.20 Å². The van der Waals surface area contributed by atoms with Gasteiger partial charge < -0.3 is 4.74 Å². The van der Waals surface area contributed by atoms with Crippen molar-refractivity contribution in [3.05, 3.63) is 30.1 Å². The Bertz CT molecular complexity index is 272. The third kappa shape index (κ3) is 1.56. The molecule has 0 spiro atoms. The Morgan fingerprint density at radius 3 is 2.85 bits per heavy atom. The first-order valence-electron chi connectivity index (χ1n) is 4.42. The van der Waals surface area contributed by atoms with Crippen molar-refractivity contribution in [2.45, 2.75) is 11.8 Å². The predicted molar refractivity (Wildman–Crippen MR) is 52.1 cm³/mol. The molecule has 70 valence electrons. The molecule has 0 bridgehead atoms. The van der Waals surface area contributed by atoms with E-state index in [1.807, 2.05) is 12.3 Å². The van der Waals surface area contributed by atoms with Gasteiger partial charge in [0.2, 0.25) is 0 Å². The number of hydrogen-bond donors (Lipinski definition) is 0. The van der Waals surface area contributed by atoms with Crippen molar-refractivity contribution < 1.29 is 4.74 Å². The molecule has 3 heteroatoms. The van der Waals surface area contributed by atoms with E-state index in [2.05, 4.69) is 11.1 Å². The molecule has 2 rings (SSSR count). The minimum absolute atomic E-state index is 0.149. The lowest BCUT2D eigenvalue weighted by Gasteiger charge is -2.41. The summed E-state index contributed by atoms with van der Waals surface area (Å²) >= 11 is 5.77. The van der Waals surface area contributed by atoms with Crippen LogP contribution in [0.4, 0.5) is 0 Å². The Morgan fingerprint density at radius 1 is 1.54 bits per heavy atom. The number of pyridine rings is 1. The molecule has 0 N–H and O–H groups in total. The highest BCUT2D eigenvalue weighted by molar-refractivity contribution is 6.17. The molecule has 0 radical (unpaired) electrons. The number of ether oxygens (including phenoxy) is 1. The van der Waals surface area contributed by atoms with Crippen molar-refractivity contribution in [3.8, 4) is 0 Å². The fourth-order valence-electron chi connectivity index (χ4n) is 1.66. The van der Waals surface area contributed by atoms with Gasteiger partial charge in [-0.2, -0.15) is 0 Å². The van der Waals surface area contributed by atoms with Gasteiger partial charge in [-0.25, -0.2) is 0 Å². The molecule has 1 aliphatic rings. The second-order valence-corrected chi connectivity index (χ2v) is 3.83. The summed E-state index contributed by atoms with van der Waals surface area (Å²) in [6.45, 7) is 1.57. The average molecular weight is 198 g/mol. The average Bonchev–Trinajstić information content (AvgIpc) is 2.13. The summed E-state index contributed by atoms with van der Waals surface area (Å²) in [4.78, 5) is 4.12. The van der Waals surface area contributed by atoms with Gasteiger partial charge >= 0.3 is 0 Å². The number of hydrogen-bond acceptors (Lipinski definition) is 2. The molecule has 1 fully saturated rings. The van der Waals surface area contributed by atoms with Crippen molar-refractivity contribution >= 4 is 11.6 Å². The van der Waals surface area contributed by atoms with Crippen LogP contribution < -0.4 is 0 Å². The molecular weight excluding hydrogens is 186 g/mol. The first-order valence-corrected chi connectivity index (χ1v) is 4.95. The predicted octanol–water partition coefficient (Wildman–Crippen LogP) is 1.98. The highest BCUT2D eigenvalue weighted by atomic mass is 35.5. The van der Waals surface area contributed by atoms with E-state index in [-0.39, 0.29) is 5.41 Å². The maximum Gasteiger partial charge on any atom is 0.0586 e. The van der Waals surface area contributed by atoms with Gasteiger partial charge in [-0.1, -0.05) is 6.07 Å². The molecule has 0 amide bonds. The largest absolute Gasteiger partial charge is 0.379 e.